The van der Waals surface area contributed by atoms with E-state index in [0.717, 1.165) is 22.9 Å². The molecule has 1 N–H and O–H groups in total. The van der Waals surface area contributed by atoms with Crippen molar-refractivity contribution >= 4 is 15.9 Å². The molecule has 0 fully saturated rings. The normalized spacial score (nSPS) is 18.2. The van der Waals surface area contributed by atoms with Gasteiger partial charge in [0.15, 0.2) is 0 Å². The van der Waals surface area contributed by atoms with Crippen LogP contribution in [0.1, 0.15) is 19.8 Å². The minimum Gasteiger partial charge on any atom is -0.507 e. The molecule has 0 unspecified atom stereocenters. The van der Waals surface area contributed by atoms with Crippen LogP contribution >= 0.6 is 15.9 Å². The summed E-state index contributed by atoms with van der Waals surface area (Å²) in [5, 5.41) is 9.38. The van der Waals surface area contributed by atoms with Crippen LogP contribution in [0, 0.1) is 0 Å². The molecule has 0 saturated carbocycles. The maximum atomic E-state index is 9.38. The van der Waals surface area contributed by atoms with Gasteiger partial charge >= 0.3 is 0 Å². The van der Waals surface area contributed by atoms with Crippen molar-refractivity contribution in [2.75, 3.05) is 0 Å². The van der Waals surface area contributed by atoms with Crippen molar-refractivity contribution in [3.8, 4) is 0 Å². The molecule has 0 atom stereocenters. The van der Waals surface area contributed by atoms with Gasteiger partial charge in [-0.15, -0.1) is 0 Å². The van der Waals surface area contributed by atoms with E-state index in [1.54, 1.807) is 6.08 Å². The van der Waals surface area contributed by atoms with Crippen molar-refractivity contribution < 1.29 is 5.11 Å². The van der Waals surface area contributed by atoms with Crippen LogP contribution in [0.2, 0.25) is 0 Å². The number of allylic oxidation sites excluding steroid dienone is 5. The third kappa shape index (κ3) is 2.22. The molecule has 0 heterocycles. The highest BCUT2D eigenvalue weighted by molar-refractivity contribution is 9.11. The standard InChI is InChI=1S/C9H11BrO/c1-2-7-4-3-5-8(10)9(11)6-7/h3-4,6,11H,2,5H2,1H3. The maximum Gasteiger partial charge on any atom is 0.126 e. The summed E-state index contributed by atoms with van der Waals surface area (Å²) >= 11 is 3.29. The molecule has 11 heavy (non-hydrogen) atoms. The molecule has 0 aromatic carbocycles. The van der Waals surface area contributed by atoms with Gasteiger partial charge in [0.25, 0.3) is 0 Å². The van der Waals surface area contributed by atoms with Gasteiger partial charge in [0, 0.05) is 10.9 Å². The van der Waals surface area contributed by atoms with Crippen LogP contribution in [0.4, 0.5) is 0 Å². The van der Waals surface area contributed by atoms with E-state index in [2.05, 4.69) is 22.9 Å². The number of hydrogen-bond donors (Lipinski definition) is 1. The lowest BCUT2D eigenvalue weighted by molar-refractivity contribution is 0.429. The number of rotatable bonds is 1. The Kier molecular flexibility index (Phi) is 2.94. The summed E-state index contributed by atoms with van der Waals surface area (Å²) in [5.41, 5.74) is 1.16. The predicted octanol–water partition coefficient (Wildman–Crippen LogP) is 3.45. The van der Waals surface area contributed by atoms with Crippen LogP contribution in [-0.4, -0.2) is 5.11 Å². The molecule has 0 aromatic rings. The van der Waals surface area contributed by atoms with Gasteiger partial charge in [-0.25, -0.2) is 0 Å². The van der Waals surface area contributed by atoms with Crippen molar-refractivity contribution in [1.82, 2.24) is 0 Å². The van der Waals surface area contributed by atoms with Gasteiger partial charge in [-0.2, -0.15) is 0 Å². The average Bonchev–Trinajstić information content (AvgIpc) is 2.15. The first kappa shape index (κ1) is 8.60. The zero-order valence-electron chi connectivity index (χ0n) is 6.47. The molecule has 0 bridgehead atoms. The lowest BCUT2D eigenvalue weighted by Crippen LogP contribution is -1.79. The van der Waals surface area contributed by atoms with Crippen molar-refractivity contribution in [1.29, 1.82) is 0 Å². The molecule has 0 aromatic heterocycles. The summed E-state index contributed by atoms with van der Waals surface area (Å²) in [6.07, 6.45) is 7.63. The van der Waals surface area contributed by atoms with E-state index in [-0.39, 0.29) is 0 Å². The van der Waals surface area contributed by atoms with Gasteiger partial charge in [-0.1, -0.05) is 35.0 Å². The maximum absolute atomic E-state index is 9.38. The lowest BCUT2D eigenvalue weighted by atomic mass is 10.2. The Labute approximate surface area is 75.2 Å². The molecule has 1 nitrogen and oxygen atoms in total. The van der Waals surface area contributed by atoms with E-state index in [4.69, 9.17) is 0 Å². The second-order valence-corrected chi connectivity index (χ2v) is 3.43. The number of aliphatic hydroxyl groups excluding tert-OH is 1. The summed E-state index contributed by atoms with van der Waals surface area (Å²) < 4.78 is 0.859. The molecule has 2 heteroatoms. The Morgan fingerprint density at radius 3 is 3.00 bits per heavy atom. The Hall–Kier alpha value is -0.500. The fraction of sp³-hybridized carbons (Fsp3) is 0.333. The third-order valence-corrected chi connectivity index (χ3v) is 2.37. The number of halogens is 1. The second-order valence-electron chi connectivity index (χ2n) is 2.47. The fourth-order valence-electron chi connectivity index (χ4n) is 0.940. The third-order valence-electron chi connectivity index (χ3n) is 1.64. The largest absolute Gasteiger partial charge is 0.507 e. The summed E-state index contributed by atoms with van der Waals surface area (Å²) in [6, 6.07) is 0. The van der Waals surface area contributed by atoms with Gasteiger partial charge in [-0.05, 0) is 18.1 Å². The first-order valence-electron chi connectivity index (χ1n) is 3.68. The van der Waals surface area contributed by atoms with Crippen LogP contribution in [0.25, 0.3) is 0 Å². The number of hydrogen-bond acceptors (Lipinski definition) is 1. The lowest BCUT2D eigenvalue weighted by Gasteiger charge is -1.95. The highest BCUT2D eigenvalue weighted by Crippen LogP contribution is 2.21. The summed E-state index contributed by atoms with van der Waals surface area (Å²) in [5.74, 6) is 0.354. The van der Waals surface area contributed by atoms with E-state index in [9.17, 15) is 5.11 Å². The first-order valence-corrected chi connectivity index (χ1v) is 4.48. The molecule has 1 aliphatic rings. The Morgan fingerprint density at radius 2 is 2.36 bits per heavy atom. The van der Waals surface area contributed by atoms with Crippen molar-refractivity contribution in [3.05, 3.63) is 34.0 Å². The second kappa shape index (κ2) is 3.77. The molecule has 1 rings (SSSR count). The van der Waals surface area contributed by atoms with Crippen LogP contribution in [0.15, 0.2) is 34.0 Å². The molecule has 60 valence electrons. The topological polar surface area (TPSA) is 20.2 Å². The van der Waals surface area contributed by atoms with Gasteiger partial charge in [0.05, 0.1) is 0 Å². The monoisotopic (exact) mass is 214 g/mol. The van der Waals surface area contributed by atoms with Crippen LogP contribution in [0.5, 0.6) is 0 Å². The molecule has 0 spiro atoms. The SMILES string of the molecule is CCC1=CC(O)=C(Br)CC=C1. The zero-order valence-corrected chi connectivity index (χ0v) is 8.06. The highest BCUT2D eigenvalue weighted by Gasteiger charge is 2.02. The summed E-state index contributed by atoms with van der Waals surface area (Å²) in [4.78, 5) is 0. The van der Waals surface area contributed by atoms with Gasteiger partial charge in [-0.3, -0.25) is 0 Å². The Morgan fingerprint density at radius 1 is 1.64 bits per heavy atom. The minimum atomic E-state index is 0.354. The quantitative estimate of drug-likeness (QED) is 0.710. The molecule has 1 aliphatic carbocycles. The van der Waals surface area contributed by atoms with E-state index in [0.29, 0.717) is 5.76 Å². The van der Waals surface area contributed by atoms with Crippen molar-refractivity contribution in [3.63, 3.8) is 0 Å². The average molecular weight is 215 g/mol. The Balaban J connectivity index is 2.92. The van der Waals surface area contributed by atoms with Crippen LogP contribution < -0.4 is 0 Å². The van der Waals surface area contributed by atoms with Crippen LogP contribution in [0.3, 0.4) is 0 Å². The predicted molar refractivity (Wildman–Crippen MR) is 50.7 cm³/mol. The summed E-state index contributed by atoms with van der Waals surface area (Å²) in [7, 11) is 0. The van der Waals surface area contributed by atoms with Crippen molar-refractivity contribution in [2.45, 2.75) is 19.8 Å². The molecular weight excluding hydrogens is 204 g/mol. The van der Waals surface area contributed by atoms with Crippen molar-refractivity contribution in [2.24, 2.45) is 0 Å². The van der Waals surface area contributed by atoms with Gasteiger partial charge in [0.1, 0.15) is 5.76 Å². The zero-order chi connectivity index (χ0) is 8.27. The van der Waals surface area contributed by atoms with E-state index in [1.165, 1.54) is 0 Å². The Bertz CT molecular complexity index is 236. The molecule has 0 radical (unpaired) electrons. The van der Waals surface area contributed by atoms with Crippen LogP contribution in [-0.2, 0) is 0 Å². The van der Waals surface area contributed by atoms with E-state index < -0.39 is 0 Å². The minimum absolute atomic E-state index is 0.354. The molecule has 0 amide bonds. The molecular formula is C9H11BrO. The molecule has 0 aliphatic heterocycles. The van der Waals surface area contributed by atoms with E-state index >= 15 is 0 Å². The smallest absolute Gasteiger partial charge is 0.126 e. The highest BCUT2D eigenvalue weighted by atomic mass is 79.9. The van der Waals surface area contributed by atoms with Gasteiger partial charge in [0.2, 0.25) is 0 Å². The molecule has 0 saturated heterocycles. The van der Waals surface area contributed by atoms with E-state index in [1.807, 2.05) is 12.2 Å². The first-order chi connectivity index (χ1) is 5.24. The fourth-order valence-corrected chi connectivity index (χ4v) is 1.24. The number of aliphatic hydroxyl groups is 1. The summed E-state index contributed by atoms with van der Waals surface area (Å²) in [6.45, 7) is 2.07. The van der Waals surface area contributed by atoms with Gasteiger partial charge < -0.3 is 5.11 Å².